The van der Waals surface area contributed by atoms with Crippen molar-refractivity contribution in [2.24, 2.45) is 0 Å². The summed E-state index contributed by atoms with van der Waals surface area (Å²) in [6.07, 6.45) is -1.27. The average molecular weight is 636 g/mol. The normalized spacial score (nSPS) is 12.4. The van der Waals surface area contributed by atoms with E-state index in [0.717, 1.165) is 11.1 Å². The number of carboxylic acid groups (broad SMARTS) is 1. The minimum Gasteiger partial charge on any atom is -0.478 e. The molecule has 0 aliphatic heterocycles. The summed E-state index contributed by atoms with van der Waals surface area (Å²) < 4.78 is 32.6. The van der Waals surface area contributed by atoms with Crippen LogP contribution in [0.4, 0.5) is 4.79 Å². The molecule has 1 atom stereocenters. The molecular weight excluding hydrogens is 602 g/mol. The van der Waals surface area contributed by atoms with E-state index in [4.69, 9.17) is 16.3 Å². The van der Waals surface area contributed by atoms with Crippen molar-refractivity contribution in [1.29, 1.82) is 0 Å². The Morgan fingerprint density at radius 3 is 2.18 bits per heavy atom. The summed E-state index contributed by atoms with van der Waals surface area (Å²) in [4.78, 5) is 26.1. The van der Waals surface area contributed by atoms with Gasteiger partial charge in [-0.25, -0.2) is 18.0 Å². The predicted molar refractivity (Wildman–Crippen MR) is 169 cm³/mol. The molecule has 4 aromatic carbocycles. The standard InChI is InChI=1S/C34H34ClNO7S/c1-34(2,3)43-33(40)36(22-30(37)26-10-7-11-27(35)20-26)19-18-23-12-15-28(16-13-23)44(41,42)31-17-14-25(21-29(31)32(38)39)24-8-5-4-6-9-24/h4-17,20-21,30,37H,18-19,22H2,1-3H3,(H,38,39)/t30-/m0/s1. The lowest BCUT2D eigenvalue weighted by Crippen LogP contribution is -2.40. The highest BCUT2D eigenvalue weighted by Crippen LogP contribution is 2.29. The van der Waals surface area contributed by atoms with Gasteiger partial charge in [0, 0.05) is 11.6 Å². The van der Waals surface area contributed by atoms with Crippen LogP contribution in [0.3, 0.4) is 0 Å². The van der Waals surface area contributed by atoms with Crippen LogP contribution >= 0.6 is 11.6 Å². The van der Waals surface area contributed by atoms with Gasteiger partial charge in [-0.05, 0) is 85.8 Å². The van der Waals surface area contributed by atoms with E-state index in [1.807, 2.05) is 30.3 Å². The number of aliphatic hydroxyl groups is 1. The van der Waals surface area contributed by atoms with E-state index in [2.05, 4.69) is 0 Å². The molecule has 0 aliphatic rings. The third-order valence-electron chi connectivity index (χ3n) is 6.79. The summed E-state index contributed by atoms with van der Waals surface area (Å²) >= 11 is 6.07. The first-order valence-corrected chi connectivity index (χ1v) is 15.8. The van der Waals surface area contributed by atoms with Gasteiger partial charge in [0.1, 0.15) is 5.60 Å². The lowest BCUT2D eigenvalue weighted by atomic mass is 10.0. The van der Waals surface area contributed by atoms with Gasteiger partial charge in [-0.1, -0.05) is 72.3 Å². The zero-order valence-electron chi connectivity index (χ0n) is 24.6. The van der Waals surface area contributed by atoms with Crippen LogP contribution in [0.2, 0.25) is 5.02 Å². The van der Waals surface area contributed by atoms with Gasteiger partial charge in [0.2, 0.25) is 9.84 Å². The summed E-state index contributed by atoms with van der Waals surface area (Å²) in [6.45, 7) is 5.39. The highest BCUT2D eigenvalue weighted by Gasteiger charge is 2.27. The Labute approximate surface area is 262 Å². The van der Waals surface area contributed by atoms with Crippen LogP contribution in [-0.4, -0.2) is 54.3 Å². The maximum absolute atomic E-state index is 13.5. The number of aromatic carboxylic acids is 1. The quantitative estimate of drug-likeness (QED) is 0.191. The third kappa shape index (κ3) is 8.25. The van der Waals surface area contributed by atoms with Crippen LogP contribution in [0.5, 0.6) is 0 Å². The van der Waals surface area contributed by atoms with Gasteiger partial charge in [0.15, 0.2) is 0 Å². The van der Waals surface area contributed by atoms with Crippen LogP contribution in [0.15, 0.2) is 107 Å². The number of rotatable bonds is 10. The van der Waals surface area contributed by atoms with Gasteiger partial charge >= 0.3 is 12.1 Å². The van der Waals surface area contributed by atoms with Crippen LogP contribution in [0.1, 0.15) is 48.4 Å². The molecule has 10 heteroatoms. The van der Waals surface area contributed by atoms with E-state index < -0.39 is 33.6 Å². The largest absolute Gasteiger partial charge is 0.478 e. The van der Waals surface area contributed by atoms with Crippen LogP contribution in [0, 0.1) is 0 Å². The second-order valence-corrected chi connectivity index (χ2v) is 13.6. The number of carbonyl (C=O) groups is 2. The fourth-order valence-electron chi connectivity index (χ4n) is 4.58. The third-order valence-corrected chi connectivity index (χ3v) is 8.85. The average Bonchev–Trinajstić information content (AvgIpc) is 2.98. The smallest absolute Gasteiger partial charge is 0.410 e. The molecule has 44 heavy (non-hydrogen) atoms. The molecule has 1 amide bonds. The molecule has 0 fully saturated rings. The highest BCUT2D eigenvalue weighted by atomic mass is 35.5. The second kappa shape index (κ2) is 13.6. The number of halogens is 1. The number of aliphatic hydroxyl groups excluding tert-OH is 1. The van der Waals surface area contributed by atoms with E-state index in [1.54, 1.807) is 63.2 Å². The first-order valence-electron chi connectivity index (χ1n) is 13.9. The van der Waals surface area contributed by atoms with Gasteiger partial charge < -0.3 is 19.8 Å². The molecule has 0 heterocycles. The number of carboxylic acids is 1. The van der Waals surface area contributed by atoms with Crippen molar-refractivity contribution in [3.05, 3.63) is 119 Å². The molecule has 230 valence electrons. The molecule has 0 bridgehead atoms. The van der Waals surface area contributed by atoms with E-state index in [0.29, 0.717) is 22.6 Å². The molecule has 0 radical (unpaired) electrons. The number of amides is 1. The maximum Gasteiger partial charge on any atom is 0.410 e. The number of sulfone groups is 1. The molecule has 0 unspecified atom stereocenters. The molecule has 2 N–H and O–H groups in total. The highest BCUT2D eigenvalue weighted by molar-refractivity contribution is 7.91. The molecule has 0 saturated carbocycles. The minimum absolute atomic E-state index is 0.0430. The molecule has 0 aliphatic carbocycles. The fraction of sp³-hybridized carbons (Fsp3) is 0.235. The number of benzene rings is 4. The Balaban J connectivity index is 1.53. The molecular formula is C34H34ClNO7S. The van der Waals surface area contributed by atoms with E-state index >= 15 is 0 Å². The van der Waals surface area contributed by atoms with Gasteiger partial charge in [0.05, 0.1) is 28.0 Å². The Hall–Kier alpha value is -4.18. The summed E-state index contributed by atoms with van der Waals surface area (Å²) in [5.41, 5.74) is 1.57. The Morgan fingerprint density at radius 1 is 0.886 bits per heavy atom. The van der Waals surface area contributed by atoms with Crippen LogP contribution < -0.4 is 0 Å². The lowest BCUT2D eigenvalue weighted by molar-refractivity contribution is 0.0147. The second-order valence-electron chi connectivity index (χ2n) is 11.3. The summed E-state index contributed by atoms with van der Waals surface area (Å²) in [5.74, 6) is -1.35. The van der Waals surface area contributed by atoms with E-state index in [1.165, 1.54) is 29.2 Å². The van der Waals surface area contributed by atoms with E-state index in [-0.39, 0.29) is 28.4 Å². The predicted octanol–water partition coefficient (Wildman–Crippen LogP) is 7.05. The molecule has 0 aromatic heterocycles. The maximum atomic E-state index is 13.5. The summed E-state index contributed by atoms with van der Waals surface area (Å²) in [6, 6.07) is 26.2. The monoisotopic (exact) mass is 635 g/mol. The molecule has 4 rings (SSSR count). The van der Waals surface area contributed by atoms with Crippen molar-refractivity contribution >= 4 is 33.5 Å². The Morgan fingerprint density at radius 2 is 1.57 bits per heavy atom. The topological polar surface area (TPSA) is 121 Å². The zero-order valence-corrected chi connectivity index (χ0v) is 26.2. The first-order chi connectivity index (χ1) is 20.7. The van der Waals surface area contributed by atoms with Gasteiger partial charge in [-0.3, -0.25) is 0 Å². The van der Waals surface area contributed by atoms with Gasteiger partial charge in [-0.2, -0.15) is 0 Å². The van der Waals surface area contributed by atoms with Gasteiger partial charge in [0.25, 0.3) is 0 Å². The van der Waals surface area contributed by atoms with Crippen molar-refractivity contribution in [1.82, 2.24) is 4.90 Å². The van der Waals surface area contributed by atoms with Gasteiger partial charge in [-0.15, -0.1) is 0 Å². The van der Waals surface area contributed by atoms with Crippen molar-refractivity contribution in [3.8, 4) is 11.1 Å². The number of hydrogen-bond acceptors (Lipinski definition) is 6. The Bertz CT molecular complexity index is 1730. The molecule has 8 nitrogen and oxygen atoms in total. The minimum atomic E-state index is -4.15. The number of ether oxygens (including phenoxy) is 1. The van der Waals surface area contributed by atoms with Crippen molar-refractivity contribution in [2.75, 3.05) is 13.1 Å². The van der Waals surface area contributed by atoms with Crippen molar-refractivity contribution in [2.45, 2.75) is 48.7 Å². The van der Waals surface area contributed by atoms with E-state index in [9.17, 15) is 28.2 Å². The lowest BCUT2D eigenvalue weighted by Gasteiger charge is -2.29. The van der Waals surface area contributed by atoms with Crippen LogP contribution in [0.25, 0.3) is 11.1 Å². The first kappa shape index (κ1) is 32.7. The number of nitrogens with zero attached hydrogens (tertiary/aromatic N) is 1. The van der Waals surface area contributed by atoms with Crippen molar-refractivity contribution in [3.63, 3.8) is 0 Å². The molecule has 0 saturated heterocycles. The zero-order chi connectivity index (χ0) is 32.1. The van der Waals surface area contributed by atoms with Crippen molar-refractivity contribution < 1.29 is 33.0 Å². The fourth-order valence-corrected chi connectivity index (χ4v) is 6.21. The Kier molecular flexibility index (Phi) is 10.1. The molecule has 0 spiro atoms. The van der Waals surface area contributed by atoms with Crippen LogP contribution in [-0.2, 0) is 21.0 Å². The molecule has 4 aromatic rings. The SMILES string of the molecule is CC(C)(C)OC(=O)N(CCc1ccc(S(=O)(=O)c2ccc(-c3ccccc3)cc2C(=O)O)cc1)C[C@H](O)c1cccc(Cl)c1. The number of hydrogen-bond donors (Lipinski definition) is 2. The summed E-state index contributed by atoms with van der Waals surface area (Å²) in [7, 11) is -4.15. The summed E-state index contributed by atoms with van der Waals surface area (Å²) in [5, 5.41) is 21.1. The number of carbonyl (C=O) groups excluding carboxylic acids is 1.